The Labute approximate surface area is 201 Å². The van der Waals surface area contributed by atoms with Gasteiger partial charge in [0.15, 0.2) is 0 Å². The Morgan fingerprint density at radius 2 is 1.03 bits per heavy atom. The molecule has 32 heavy (non-hydrogen) atoms. The van der Waals surface area contributed by atoms with Crippen LogP contribution >= 0.6 is 7.82 Å². The normalized spacial score (nSPS) is 15.0. The summed E-state index contributed by atoms with van der Waals surface area (Å²) in [4.78, 5) is 0. The van der Waals surface area contributed by atoms with E-state index in [4.69, 9.17) is 18.7 Å². The van der Waals surface area contributed by atoms with Crippen LogP contribution in [0, 0.1) is 11.8 Å². The van der Waals surface area contributed by atoms with Crippen molar-refractivity contribution < 1.29 is 23.2 Å². The molecule has 2 atom stereocenters. The van der Waals surface area contributed by atoms with E-state index in [0.717, 1.165) is 38.5 Å². The zero-order chi connectivity index (χ0) is 24.5. The van der Waals surface area contributed by atoms with Crippen LogP contribution in [0.2, 0.25) is 0 Å². The minimum absolute atomic E-state index is 0.250. The van der Waals surface area contributed by atoms with Crippen LogP contribution in [-0.2, 0) is 18.1 Å². The second kappa shape index (κ2) is 25.7. The Morgan fingerprint density at radius 1 is 0.625 bits per heavy atom. The smallest absolute Gasteiger partial charge is 0.397 e. The highest BCUT2D eigenvalue weighted by Crippen LogP contribution is 2.50. The van der Waals surface area contributed by atoms with Crippen molar-refractivity contribution in [3.05, 3.63) is 0 Å². The summed E-state index contributed by atoms with van der Waals surface area (Å²) in [5.74, 6) is 0.846. The summed E-state index contributed by atoms with van der Waals surface area (Å²) in [6, 6.07) is 0. The van der Waals surface area contributed by atoms with Gasteiger partial charge in [-0.05, 0) is 38.0 Å². The molecule has 0 aliphatic heterocycles. The predicted molar refractivity (Wildman–Crippen MR) is 138 cm³/mol. The predicted octanol–water partition coefficient (Wildman–Crippen LogP) is 8.94. The van der Waals surface area contributed by atoms with Gasteiger partial charge in [0.2, 0.25) is 0 Å². The lowest BCUT2D eigenvalue weighted by molar-refractivity contribution is 0.0832. The van der Waals surface area contributed by atoms with Crippen LogP contribution < -0.4 is 0 Å². The van der Waals surface area contributed by atoms with Crippen molar-refractivity contribution in [2.75, 3.05) is 26.4 Å². The van der Waals surface area contributed by atoms with E-state index < -0.39 is 7.82 Å². The van der Waals surface area contributed by atoms with Crippen LogP contribution in [0.3, 0.4) is 0 Å². The van der Waals surface area contributed by atoms with Crippen LogP contribution in [0.15, 0.2) is 0 Å². The third kappa shape index (κ3) is 21.9. The van der Waals surface area contributed by atoms with E-state index in [-0.39, 0.29) is 6.61 Å². The molecule has 0 aromatic carbocycles. The minimum atomic E-state index is -3.48. The number of phosphoric acid groups is 1. The maximum absolute atomic E-state index is 13.3. The van der Waals surface area contributed by atoms with Crippen molar-refractivity contribution in [1.29, 1.82) is 0 Å². The van der Waals surface area contributed by atoms with E-state index in [9.17, 15) is 4.57 Å². The summed E-state index contributed by atoms with van der Waals surface area (Å²) in [7, 11) is -3.48. The van der Waals surface area contributed by atoms with Gasteiger partial charge >= 0.3 is 7.82 Å². The van der Waals surface area contributed by atoms with Gasteiger partial charge in [-0.1, -0.05) is 105 Å². The topological polar surface area (TPSA) is 65.0 Å². The van der Waals surface area contributed by atoms with Crippen LogP contribution in [-0.4, -0.2) is 31.5 Å². The molecule has 0 amide bonds. The Balaban J connectivity index is 0. The molecule has 6 heteroatoms. The van der Waals surface area contributed by atoms with Gasteiger partial charge in [-0.2, -0.15) is 0 Å². The summed E-state index contributed by atoms with van der Waals surface area (Å²) < 4.78 is 30.7. The number of hydrogen-bond donors (Lipinski definition) is 1. The second-order valence-electron chi connectivity index (χ2n) is 8.79. The van der Waals surface area contributed by atoms with Crippen molar-refractivity contribution in [2.24, 2.45) is 11.8 Å². The average Bonchev–Trinajstić information content (AvgIpc) is 2.79. The Kier molecular flexibility index (Phi) is 27.5. The van der Waals surface area contributed by atoms with Crippen LogP contribution in [0.5, 0.6) is 0 Å². The number of aliphatic hydroxyl groups excluding tert-OH is 1. The van der Waals surface area contributed by atoms with Gasteiger partial charge in [0.05, 0.1) is 19.8 Å². The lowest BCUT2D eigenvalue weighted by atomic mass is 10.0. The van der Waals surface area contributed by atoms with E-state index in [0.29, 0.717) is 31.7 Å². The second-order valence-corrected chi connectivity index (χ2v) is 10.5. The first-order valence-corrected chi connectivity index (χ1v) is 15.1. The first-order valence-electron chi connectivity index (χ1n) is 13.6. The highest BCUT2D eigenvalue weighted by molar-refractivity contribution is 7.48. The van der Waals surface area contributed by atoms with Crippen LogP contribution in [0.4, 0.5) is 0 Å². The summed E-state index contributed by atoms with van der Waals surface area (Å²) in [5.41, 5.74) is 0. The molecule has 1 N–H and O–H groups in total. The Bertz CT molecular complexity index is 382. The number of rotatable bonds is 22. The molecule has 196 valence electrons. The molecule has 0 spiro atoms. The van der Waals surface area contributed by atoms with Crippen LogP contribution in [0.25, 0.3) is 0 Å². The first-order chi connectivity index (χ1) is 15.5. The standard InChI is InChI=1S/C24H51O4P.C2H6O/c1-6-11-14-15-16-17-20-26-29(25,27-21-23(9-4)18-12-7-2)28-22-24(10-5)19-13-8-3;1-2-3/h23-24H,6-22H2,1-5H3;3H,2H2,1H3. The Morgan fingerprint density at radius 3 is 1.44 bits per heavy atom. The van der Waals surface area contributed by atoms with Crippen molar-refractivity contribution in [3.8, 4) is 0 Å². The summed E-state index contributed by atoms with van der Waals surface area (Å²) in [6.07, 6.45) is 16.1. The van der Waals surface area contributed by atoms with Crippen molar-refractivity contribution in [2.45, 2.75) is 131 Å². The van der Waals surface area contributed by atoms with E-state index in [1.807, 2.05) is 0 Å². The summed E-state index contributed by atoms with van der Waals surface area (Å²) >= 11 is 0. The monoisotopic (exact) mass is 480 g/mol. The van der Waals surface area contributed by atoms with Crippen LogP contribution in [0.1, 0.15) is 131 Å². The lowest BCUT2D eigenvalue weighted by Crippen LogP contribution is -2.14. The molecule has 0 radical (unpaired) electrons. The van der Waals surface area contributed by atoms with E-state index in [1.54, 1.807) is 6.92 Å². The molecule has 2 unspecified atom stereocenters. The Hall–Kier alpha value is 0.0700. The first kappa shape index (κ1) is 34.2. The van der Waals surface area contributed by atoms with Gasteiger partial charge in [0.1, 0.15) is 0 Å². The molecule has 5 nitrogen and oxygen atoms in total. The maximum Gasteiger partial charge on any atom is 0.474 e. The highest BCUT2D eigenvalue weighted by Gasteiger charge is 2.29. The molecule has 0 rings (SSSR count). The largest absolute Gasteiger partial charge is 0.474 e. The fraction of sp³-hybridized carbons (Fsp3) is 1.00. The number of unbranched alkanes of at least 4 members (excludes halogenated alkanes) is 7. The zero-order valence-electron chi connectivity index (χ0n) is 22.4. The molecule has 0 saturated heterocycles. The molecule has 0 bridgehead atoms. The zero-order valence-corrected chi connectivity index (χ0v) is 23.3. The molecule has 0 aromatic rings. The highest BCUT2D eigenvalue weighted by atomic mass is 31.2. The van der Waals surface area contributed by atoms with E-state index in [2.05, 4.69) is 34.6 Å². The summed E-state index contributed by atoms with van der Waals surface area (Å²) in [5, 5.41) is 7.57. The number of phosphoric ester groups is 1. The van der Waals surface area contributed by atoms with Crippen molar-refractivity contribution >= 4 is 7.82 Å². The SMILES string of the molecule is CCCCCCCCOP(=O)(OCC(CC)CCCC)OCC(CC)CCCC.CCO. The molecule has 0 fully saturated rings. The lowest BCUT2D eigenvalue weighted by Gasteiger charge is -2.23. The third-order valence-electron chi connectivity index (χ3n) is 5.77. The van der Waals surface area contributed by atoms with Crippen molar-refractivity contribution in [3.63, 3.8) is 0 Å². The third-order valence-corrected chi connectivity index (χ3v) is 7.20. The molecule has 0 heterocycles. The molecular formula is C26H57O5P. The molecule has 0 saturated carbocycles. The quantitative estimate of drug-likeness (QED) is 0.124. The van der Waals surface area contributed by atoms with Crippen molar-refractivity contribution in [1.82, 2.24) is 0 Å². The molecule has 0 aliphatic rings. The number of aliphatic hydroxyl groups is 1. The van der Waals surface area contributed by atoms with Gasteiger partial charge < -0.3 is 5.11 Å². The van der Waals surface area contributed by atoms with E-state index in [1.165, 1.54) is 51.4 Å². The minimum Gasteiger partial charge on any atom is -0.397 e. The van der Waals surface area contributed by atoms with Gasteiger partial charge in [0.25, 0.3) is 0 Å². The van der Waals surface area contributed by atoms with Gasteiger partial charge in [0, 0.05) is 6.61 Å². The molecule has 0 aromatic heterocycles. The van der Waals surface area contributed by atoms with Gasteiger partial charge in [-0.3, -0.25) is 13.6 Å². The fourth-order valence-corrected chi connectivity index (χ4v) is 4.72. The fourth-order valence-electron chi connectivity index (χ4n) is 3.36. The average molecular weight is 481 g/mol. The molecular weight excluding hydrogens is 423 g/mol. The van der Waals surface area contributed by atoms with Gasteiger partial charge in [-0.25, -0.2) is 4.57 Å². The van der Waals surface area contributed by atoms with E-state index >= 15 is 0 Å². The van der Waals surface area contributed by atoms with Gasteiger partial charge in [-0.15, -0.1) is 0 Å². The molecule has 0 aliphatic carbocycles. The maximum atomic E-state index is 13.3. The number of hydrogen-bond acceptors (Lipinski definition) is 5. The summed E-state index contributed by atoms with van der Waals surface area (Å²) in [6.45, 7) is 14.3.